The number of hydroxylamine groups is 1. The van der Waals surface area contributed by atoms with Gasteiger partial charge in [0.25, 0.3) is 11.8 Å². The van der Waals surface area contributed by atoms with E-state index >= 15 is 0 Å². The van der Waals surface area contributed by atoms with E-state index in [4.69, 9.17) is 5.21 Å². The number of carbonyl (C=O) groups excluding carboxylic acids is 2. The largest absolute Gasteiger partial charge is 0.657 e. The van der Waals surface area contributed by atoms with Crippen molar-refractivity contribution in [2.75, 3.05) is 13.6 Å². The van der Waals surface area contributed by atoms with Gasteiger partial charge in [-0.05, 0) is 13.8 Å². The first-order chi connectivity index (χ1) is 16.2. The summed E-state index contributed by atoms with van der Waals surface area (Å²) in [5, 5.41) is 13.6. The van der Waals surface area contributed by atoms with Crippen LogP contribution in [0, 0.1) is 13.8 Å². The van der Waals surface area contributed by atoms with Crippen LogP contribution in [0.25, 0.3) is 5.32 Å². The molecule has 4 aliphatic rings. The van der Waals surface area contributed by atoms with Crippen LogP contribution in [-0.4, -0.2) is 58.0 Å². The van der Waals surface area contributed by atoms with E-state index in [9.17, 15) is 9.59 Å². The number of nitrogens with one attached hydrogen (secondary N) is 1. The molecule has 1 heterocycles. The van der Waals surface area contributed by atoms with E-state index < -0.39 is 17.5 Å². The average Bonchev–Trinajstić information content (AvgIpc) is 3.55. The normalized spacial score (nSPS) is 20.6. The fourth-order valence-electron chi connectivity index (χ4n) is 3.48. The molecule has 0 spiro atoms. The van der Waals surface area contributed by atoms with Crippen molar-refractivity contribution < 1.29 is 35.9 Å². The average molecular weight is 662 g/mol. The standard InChI is InChI=1S/C15H25N4O3.C5H10.C4H8.C3H6.W/c1-10-18(4)15(2,3)14(21)19(10)12(13(20)17-22)9-16-11-7-5-6-8-11;1-3-5-4-2;1-2-4-3-1;1-2-3-1;/h11-12,22H,1,5-9H2,2-4H3,(H,17,20);1-5H2;1-4H2;1-3H2;/q-1;-2;;;. The molecule has 3 saturated carbocycles. The van der Waals surface area contributed by atoms with Crippen molar-refractivity contribution in [2.45, 2.75) is 121 Å². The fraction of sp³-hybridized carbons (Fsp3) is 0.778. The maximum Gasteiger partial charge on any atom is 0.264 e. The molecule has 2 N–H and O–H groups in total. The molecule has 35 heavy (non-hydrogen) atoms. The summed E-state index contributed by atoms with van der Waals surface area (Å²) >= 11 is 0. The van der Waals surface area contributed by atoms with E-state index in [0.29, 0.717) is 5.82 Å². The van der Waals surface area contributed by atoms with Crippen LogP contribution < -0.4 is 5.48 Å². The number of rotatable bonds is 7. The Morgan fingerprint density at radius 1 is 1.09 bits per heavy atom. The Morgan fingerprint density at radius 2 is 1.54 bits per heavy atom. The Balaban J connectivity index is 0.000000723. The molecule has 1 unspecified atom stereocenters. The van der Waals surface area contributed by atoms with Crippen molar-refractivity contribution in [3.8, 4) is 0 Å². The van der Waals surface area contributed by atoms with Crippen LogP contribution in [0.3, 0.4) is 0 Å². The zero-order valence-corrected chi connectivity index (χ0v) is 25.3. The second kappa shape index (κ2) is 18.4. The number of hydrogen-bond acceptors (Lipinski definition) is 4. The molecule has 0 aromatic rings. The summed E-state index contributed by atoms with van der Waals surface area (Å²) in [4.78, 5) is 27.8. The summed E-state index contributed by atoms with van der Waals surface area (Å²) in [7, 11) is 1.77. The van der Waals surface area contributed by atoms with Gasteiger partial charge in [-0.2, -0.15) is 12.8 Å². The van der Waals surface area contributed by atoms with Gasteiger partial charge < -0.3 is 24.1 Å². The summed E-state index contributed by atoms with van der Waals surface area (Å²) in [5.74, 6) is -0.400. The second-order valence-corrected chi connectivity index (χ2v) is 10.0. The molecule has 0 radical (unpaired) electrons. The first kappa shape index (κ1) is 34.1. The van der Waals surface area contributed by atoms with Gasteiger partial charge >= 0.3 is 0 Å². The van der Waals surface area contributed by atoms with Crippen LogP contribution in [0.1, 0.15) is 104 Å². The van der Waals surface area contributed by atoms with E-state index in [1.165, 1.54) is 56.3 Å². The summed E-state index contributed by atoms with van der Waals surface area (Å²) < 4.78 is 0. The van der Waals surface area contributed by atoms with Crippen molar-refractivity contribution in [3.63, 3.8) is 0 Å². The van der Waals surface area contributed by atoms with Gasteiger partial charge in [-0.3, -0.25) is 19.7 Å². The van der Waals surface area contributed by atoms with Gasteiger partial charge in [0, 0.05) is 28.1 Å². The Kier molecular flexibility index (Phi) is 17.9. The predicted octanol–water partition coefficient (Wildman–Crippen LogP) is 5.75. The maximum absolute atomic E-state index is 12.6. The van der Waals surface area contributed by atoms with Crippen molar-refractivity contribution in [1.82, 2.24) is 15.3 Å². The first-order valence-corrected chi connectivity index (χ1v) is 13.2. The molecule has 4 rings (SSSR count). The molecule has 0 bridgehead atoms. The number of amides is 2. The molecule has 8 heteroatoms. The monoisotopic (exact) mass is 661 g/mol. The van der Waals surface area contributed by atoms with E-state index in [1.807, 2.05) is 0 Å². The summed E-state index contributed by atoms with van der Waals surface area (Å²) in [6, 6.07) is -0.625. The van der Waals surface area contributed by atoms with Crippen LogP contribution in [-0.2, 0) is 30.7 Å². The van der Waals surface area contributed by atoms with E-state index in [2.05, 4.69) is 25.7 Å². The van der Waals surface area contributed by atoms with Crippen molar-refractivity contribution in [3.05, 3.63) is 31.6 Å². The van der Waals surface area contributed by atoms with Crippen LogP contribution >= 0.6 is 0 Å². The van der Waals surface area contributed by atoms with Gasteiger partial charge in [0.05, 0.1) is 0 Å². The fourth-order valence-corrected chi connectivity index (χ4v) is 3.48. The van der Waals surface area contributed by atoms with E-state index in [0.717, 1.165) is 38.5 Å². The molecule has 1 aliphatic heterocycles. The van der Waals surface area contributed by atoms with Crippen molar-refractivity contribution >= 4 is 11.8 Å². The smallest absolute Gasteiger partial charge is 0.264 e. The first-order valence-electron chi connectivity index (χ1n) is 13.2. The number of hydrogen-bond donors (Lipinski definition) is 2. The van der Waals surface area contributed by atoms with Crippen LogP contribution in [0.2, 0.25) is 0 Å². The molecule has 1 saturated heterocycles. The molecule has 4 fully saturated rings. The Bertz CT molecular complexity index is 609. The number of likely N-dealkylation sites (N-methyl/N-ethyl adjacent to an activating group) is 1. The molecular weight excluding hydrogens is 612 g/mol. The molecule has 7 nitrogen and oxygen atoms in total. The molecular formula is C27H49N4O3W-3. The third-order valence-corrected chi connectivity index (χ3v) is 6.69. The minimum Gasteiger partial charge on any atom is -0.657 e. The van der Waals surface area contributed by atoms with Gasteiger partial charge in [0.1, 0.15) is 17.4 Å². The van der Waals surface area contributed by atoms with E-state index in [1.54, 1.807) is 31.3 Å². The van der Waals surface area contributed by atoms with Crippen molar-refractivity contribution in [1.29, 1.82) is 0 Å². The zero-order valence-electron chi connectivity index (χ0n) is 22.4. The third-order valence-electron chi connectivity index (χ3n) is 6.69. The van der Waals surface area contributed by atoms with Crippen LogP contribution in [0.5, 0.6) is 0 Å². The molecule has 1 atom stereocenters. The Morgan fingerprint density at radius 3 is 1.83 bits per heavy atom. The van der Waals surface area contributed by atoms with Crippen molar-refractivity contribution in [2.24, 2.45) is 0 Å². The quantitative estimate of drug-likeness (QED) is 0.207. The molecule has 2 amide bonds. The minimum atomic E-state index is -0.866. The second-order valence-electron chi connectivity index (χ2n) is 10.0. The summed E-state index contributed by atoms with van der Waals surface area (Å²) in [5.41, 5.74) is 0.883. The Labute approximate surface area is 229 Å². The number of nitrogens with zero attached hydrogens (tertiary/aromatic N) is 3. The Hall–Kier alpha value is -0.912. The molecule has 0 aromatic carbocycles. The molecule has 0 aromatic heterocycles. The zero-order chi connectivity index (χ0) is 25.6. The summed E-state index contributed by atoms with van der Waals surface area (Å²) in [6.45, 7) is 14.9. The van der Waals surface area contributed by atoms with Gasteiger partial charge in [0.15, 0.2) is 0 Å². The summed E-state index contributed by atoms with van der Waals surface area (Å²) in [6.07, 6.45) is 18.1. The molecule has 3 aliphatic carbocycles. The number of carbonyl (C=O) groups is 2. The van der Waals surface area contributed by atoms with E-state index in [-0.39, 0.29) is 39.6 Å². The maximum atomic E-state index is 12.6. The van der Waals surface area contributed by atoms with Crippen LogP contribution in [0.15, 0.2) is 12.4 Å². The predicted molar refractivity (Wildman–Crippen MR) is 139 cm³/mol. The van der Waals surface area contributed by atoms with Gasteiger partial charge in [-0.1, -0.05) is 77.2 Å². The van der Waals surface area contributed by atoms with Crippen LogP contribution in [0.4, 0.5) is 0 Å². The van der Waals surface area contributed by atoms with Gasteiger partial charge in [-0.25, -0.2) is 5.48 Å². The van der Waals surface area contributed by atoms with Gasteiger partial charge in [0.2, 0.25) is 0 Å². The third kappa shape index (κ3) is 11.8. The minimum absolute atomic E-state index is 0. The SMILES string of the molecule is C1CC1.C1CCC1.C=C1N(C(C[N-]C2CCCC2)C(=O)NO)C(=O)C(C)(C)N1C.[CH2-]CCC[CH2-].[W]. The number of unbranched alkanes of at least 4 members (excludes halogenated alkanes) is 2. The van der Waals surface area contributed by atoms with Gasteiger partial charge in [-0.15, -0.1) is 19.0 Å². The topological polar surface area (TPSA) is 87.0 Å². The molecule has 204 valence electrons.